The topological polar surface area (TPSA) is 615 Å². The summed E-state index contributed by atoms with van der Waals surface area (Å²) in [5.74, 6) is 0. The van der Waals surface area contributed by atoms with Gasteiger partial charge in [0.2, 0.25) is 0 Å². The van der Waals surface area contributed by atoms with Crippen molar-refractivity contribution in [1.29, 1.82) is 0 Å². The van der Waals surface area contributed by atoms with Gasteiger partial charge in [0.15, 0.2) is 0 Å². The summed E-state index contributed by atoms with van der Waals surface area (Å²) in [6.07, 6.45) is 0. The molecule has 0 amide bonds. The summed E-state index contributed by atoms with van der Waals surface area (Å²) in [4.78, 5) is 0. The third kappa shape index (κ3) is 31.3. The van der Waals surface area contributed by atoms with Crippen molar-refractivity contribution in [2.75, 3.05) is 0 Å². The molecule has 0 aromatic heterocycles. The summed E-state index contributed by atoms with van der Waals surface area (Å²) in [6.45, 7) is 0. The Labute approximate surface area is 354 Å². The van der Waals surface area contributed by atoms with Crippen molar-refractivity contribution in [2.24, 2.45) is 0 Å². The van der Waals surface area contributed by atoms with Crippen molar-refractivity contribution in [3.63, 3.8) is 0 Å². The Balaban J connectivity index is 0. The van der Waals surface area contributed by atoms with Crippen LogP contribution in [0.15, 0.2) is 0 Å². The first kappa shape index (κ1) is 60.9. The second kappa shape index (κ2) is 21.2. The summed E-state index contributed by atoms with van der Waals surface area (Å²) in [7, 11) is -7.91. The zero-order valence-corrected chi connectivity index (χ0v) is 51.6. The van der Waals surface area contributed by atoms with E-state index in [1.54, 1.807) is 0 Å². The SMILES string of the molecule is O=P([O][Mo](=[O])(=[O])[O][Mo](=[O])(=[O])[O][Mo](=[O])(=[O])[O][Mo](=[O])(=[O])[OH])([O][Mo](=[O])(=[O])[O][Mo](=[O])(=[O])[O][Mo](=[O])(=[O])[O][Mo](=[O])(=[O])[OH])[O][Mo](=[O])(=[O])[O][Mo](=[O])(=[O])[O][Mo](=[O])(=[O])[O][Mo](=[O])(=[O])[OH].[O]=[BiH]. The number of phosphoric acid groups is 1. The molecule has 3 N–H and O–H groups in total. The molecular weight excluding hydrogens is 2050 g/mol. The summed E-state index contributed by atoms with van der Waals surface area (Å²) in [6, 6.07) is 0. The van der Waals surface area contributed by atoms with Crippen molar-refractivity contribution >= 4 is 32.5 Å². The molecule has 0 spiro atoms. The predicted molar refractivity (Wildman–Crippen MR) is 51.6 cm³/mol. The molecule has 0 aromatic carbocycles. The van der Waals surface area contributed by atoms with E-state index >= 15 is 0 Å². The minimum absolute atomic E-state index is 0.0556. The van der Waals surface area contributed by atoms with Crippen LogP contribution in [0.25, 0.3) is 0 Å². The maximum atomic E-state index is 12.8. The molecule has 0 aliphatic carbocycles. The van der Waals surface area contributed by atoms with Gasteiger partial charge in [-0.1, -0.05) is 0 Å². The number of hydrogen-bond acceptors (Lipinski definition) is 38. The van der Waals surface area contributed by atoms with Gasteiger partial charge in [-0.3, -0.25) is 0 Å². The van der Waals surface area contributed by atoms with Gasteiger partial charge in [-0.25, -0.2) is 0 Å². The molecule has 0 saturated heterocycles. The molecule has 0 radical (unpaired) electrons. The van der Waals surface area contributed by atoms with Crippen molar-refractivity contribution < 1.29 is 329 Å². The first-order chi connectivity index (χ1) is 23.5. The van der Waals surface area contributed by atoms with Crippen molar-refractivity contribution in [1.82, 2.24) is 0 Å². The van der Waals surface area contributed by atoms with Crippen LogP contribution in [-0.2, 0) is 318 Å². The molecule has 55 heavy (non-hydrogen) atoms. The van der Waals surface area contributed by atoms with Gasteiger partial charge in [0.25, 0.3) is 0 Å². The second-order valence-electron chi connectivity index (χ2n) is 6.24. The summed E-state index contributed by atoms with van der Waals surface area (Å²) in [5.41, 5.74) is 0. The van der Waals surface area contributed by atoms with E-state index in [0.29, 0.717) is 0 Å². The molecule has 0 rings (SSSR count). The van der Waals surface area contributed by atoms with E-state index in [9.17, 15) is 86.1 Å². The molecular formula is H4BiMo12O41P. The Hall–Kier alpha value is 3.77. The first-order valence-electron chi connectivity index (χ1n) is 8.98. The molecule has 55 heteroatoms. The minimum atomic E-state index is -8.79. The van der Waals surface area contributed by atoms with Gasteiger partial charge in [0.05, 0.1) is 0 Å². The Morgan fingerprint density at radius 2 is 0.400 bits per heavy atom. The monoisotopic (exact) mass is 2070 g/mol. The van der Waals surface area contributed by atoms with Crippen LogP contribution in [0.1, 0.15) is 0 Å². The third-order valence-corrected chi connectivity index (χ3v) is 62.5. The molecule has 0 aliphatic rings. The normalized spacial score (nSPS) is 15.1. The van der Waals surface area contributed by atoms with Crippen LogP contribution in [0, 0.1) is 0 Å². The van der Waals surface area contributed by atoms with Gasteiger partial charge >= 0.3 is 362 Å². The fourth-order valence-electron chi connectivity index (χ4n) is 1.41. The molecule has 0 atom stereocenters. The summed E-state index contributed by atoms with van der Waals surface area (Å²) < 4.78 is 355. The van der Waals surface area contributed by atoms with E-state index in [1.165, 1.54) is 0 Å². The van der Waals surface area contributed by atoms with Gasteiger partial charge in [-0.05, 0) is 0 Å². The molecule has 0 fully saturated rings. The van der Waals surface area contributed by atoms with E-state index in [1.807, 2.05) is 0 Å². The number of hydrogen-bond donors (Lipinski definition) is 3. The van der Waals surface area contributed by atoms with Crippen LogP contribution < -0.4 is 0 Å². The van der Waals surface area contributed by atoms with Crippen molar-refractivity contribution in [2.45, 2.75) is 0 Å². The van der Waals surface area contributed by atoms with E-state index in [4.69, 9.17) is 14.1 Å². The molecule has 0 aliphatic heterocycles. The van der Waals surface area contributed by atoms with Gasteiger partial charge in [-0.2, -0.15) is 0 Å². The zero-order chi connectivity index (χ0) is 45.0. The maximum absolute atomic E-state index is 12.8. The van der Waals surface area contributed by atoms with Crippen LogP contribution in [0.5, 0.6) is 0 Å². The average molecular weight is 2050 g/mol. The number of rotatable bonds is 24. The molecule has 0 unspecified atom stereocenters. The standard InChI is InChI=1S/Bi.12Mo.H3O4P.3H2O.34O.H/c;;;;;;;;;;;;;1-5(2,3)4;;;;;;;;;;;;;;;;;;;;;;;;;;;;;;;;;;;;;;/h;;;;;;;;;;;;;(H3,1,2,3,4);3*1H2;;;;;;;;;;;;;;;;;;;;;;;;;;;;;;;;;;;/q;;;;;;;6*+1;;;;;;;;;;;;;;;;;;;;;;;;;;;;;;;;;;;;;;;/p-6. The van der Waals surface area contributed by atoms with Gasteiger partial charge in [-0.15, -0.1) is 0 Å². The zero-order valence-electron chi connectivity index (χ0n) is 22.7. The van der Waals surface area contributed by atoms with E-state index in [-0.39, 0.29) is 24.7 Å². The molecule has 41 nitrogen and oxygen atoms in total. The quantitative estimate of drug-likeness (QED) is 0.0600. The Morgan fingerprint density at radius 3 is 0.545 bits per heavy atom. The summed E-state index contributed by atoms with van der Waals surface area (Å²) >= 11 is -97.3. The van der Waals surface area contributed by atoms with E-state index < -0.39 is 209 Å². The Bertz CT molecular complexity index is 2530. The van der Waals surface area contributed by atoms with Crippen LogP contribution >= 0.6 is 7.82 Å². The molecule has 0 heterocycles. The van der Waals surface area contributed by atoms with E-state index in [2.05, 4.69) is 27.9 Å². The fourth-order valence-corrected chi connectivity index (χ4v) is 60.4. The molecule has 0 saturated carbocycles. The fraction of sp³-hybridized carbons (Fsp3) is 0. The second-order valence-corrected chi connectivity index (χ2v) is 56.1. The van der Waals surface area contributed by atoms with Crippen molar-refractivity contribution in [3.8, 4) is 0 Å². The third-order valence-electron chi connectivity index (χ3n) is 2.06. The van der Waals surface area contributed by atoms with Crippen LogP contribution in [0.3, 0.4) is 0 Å². The van der Waals surface area contributed by atoms with Gasteiger partial charge in [0.1, 0.15) is 0 Å². The van der Waals surface area contributed by atoms with E-state index in [0.717, 1.165) is 0 Å². The summed E-state index contributed by atoms with van der Waals surface area (Å²) in [5, 5.41) is 0. The molecule has 0 bridgehead atoms. The first-order valence-corrected chi connectivity index (χ1v) is 51.6. The Kier molecular flexibility index (Phi) is 23.4. The van der Waals surface area contributed by atoms with Crippen LogP contribution in [0.2, 0.25) is 0 Å². The van der Waals surface area contributed by atoms with Gasteiger partial charge < -0.3 is 0 Å². The average Bonchev–Trinajstić information content (AvgIpc) is 2.66. The van der Waals surface area contributed by atoms with Crippen LogP contribution in [-0.4, -0.2) is 36.0 Å². The predicted octanol–water partition coefficient (Wildman–Crippen LogP) is -5.40. The van der Waals surface area contributed by atoms with Crippen molar-refractivity contribution in [3.05, 3.63) is 0 Å². The van der Waals surface area contributed by atoms with Crippen LogP contribution in [0.4, 0.5) is 0 Å². The molecule has 0 aromatic rings. The van der Waals surface area contributed by atoms with Gasteiger partial charge in [0, 0.05) is 0 Å². The Morgan fingerprint density at radius 1 is 0.273 bits per heavy atom. The molecule has 332 valence electrons.